The van der Waals surface area contributed by atoms with Gasteiger partial charge in [-0.3, -0.25) is 0 Å². The van der Waals surface area contributed by atoms with Gasteiger partial charge in [0.15, 0.2) is 0 Å². The van der Waals surface area contributed by atoms with Gasteiger partial charge in [0.25, 0.3) is 0 Å². The maximum atomic E-state index is 12.8. The maximum absolute atomic E-state index is 12.8. The molecule has 0 heterocycles. The largest absolute Gasteiger partial charge is 0.417 e. The summed E-state index contributed by atoms with van der Waals surface area (Å²) in [5.41, 5.74) is -0.827. The third-order valence-corrected chi connectivity index (χ3v) is 3.97. The van der Waals surface area contributed by atoms with Crippen LogP contribution in [0.3, 0.4) is 0 Å². The van der Waals surface area contributed by atoms with Gasteiger partial charge in [-0.25, -0.2) is 8.51 Å². The normalized spacial score (nSPS) is 13.9. The minimum absolute atomic E-state index is 0.177. The monoisotopic (exact) mass is 279 g/mol. The Morgan fingerprint density at radius 2 is 1.89 bits per heavy atom. The zero-order valence-electron chi connectivity index (χ0n) is 10.3. The van der Waals surface area contributed by atoms with Crippen LogP contribution in [0.1, 0.15) is 25.3 Å². The Morgan fingerprint density at radius 1 is 1.28 bits per heavy atom. The molecule has 0 fully saturated rings. The first-order valence-corrected chi connectivity index (χ1v) is 6.77. The highest BCUT2D eigenvalue weighted by Crippen LogP contribution is 2.33. The number of unbranched alkanes of at least 4 members (excludes halogenated alkanes) is 1. The lowest BCUT2D eigenvalue weighted by molar-refractivity contribution is -0.139. The van der Waals surface area contributed by atoms with Gasteiger partial charge in [0.1, 0.15) is 11.0 Å². The summed E-state index contributed by atoms with van der Waals surface area (Å²) in [7, 11) is -0.206. The molecule has 1 aromatic rings. The van der Waals surface area contributed by atoms with Crippen LogP contribution in [0.2, 0.25) is 0 Å². The van der Waals surface area contributed by atoms with Gasteiger partial charge in [-0.2, -0.15) is 13.2 Å². The molecule has 1 atom stereocenters. The Balaban J connectivity index is 2.99. The molecule has 0 spiro atoms. The van der Waals surface area contributed by atoms with Crippen LogP contribution in [-0.4, -0.2) is 22.1 Å². The molecule has 0 N–H and O–H groups in total. The average Bonchev–Trinajstić information content (AvgIpc) is 2.34. The summed E-state index contributed by atoms with van der Waals surface area (Å²) in [6.07, 6.45) is -2.77. The highest BCUT2D eigenvalue weighted by atomic mass is 32.2. The van der Waals surface area contributed by atoms with E-state index in [-0.39, 0.29) is 4.90 Å². The Kier molecular flexibility index (Phi) is 5.34. The van der Waals surface area contributed by atoms with Crippen molar-refractivity contribution in [1.82, 2.24) is 4.31 Å². The van der Waals surface area contributed by atoms with Gasteiger partial charge in [-0.05, 0) is 18.6 Å². The predicted octanol–water partition coefficient (Wildman–Crippen LogP) is 3.46. The molecule has 0 saturated carbocycles. The van der Waals surface area contributed by atoms with E-state index in [0.717, 1.165) is 18.9 Å². The highest BCUT2D eigenvalue weighted by molar-refractivity contribution is 7.82. The van der Waals surface area contributed by atoms with Crippen LogP contribution in [0, 0.1) is 0 Å². The zero-order chi connectivity index (χ0) is 13.8. The van der Waals surface area contributed by atoms with Crippen molar-refractivity contribution in [1.29, 1.82) is 0 Å². The van der Waals surface area contributed by atoms with E-state index < -0.39 is 22.7 Å². The first-order chi connectivity index (χ1) is 8.38. The third-order valence-electron chi connectivity index (χ3n) is 2.49. The van der Waals surface area contributed by atoms with Crippen molar-refractivity contribution in [2.75, 3.05) is 13.6 Å². The van der Waals surface area contributed by atoms with Gasteiger partial charge in [0.05, 0.1) is 10.5 Å². The van der Waals surface area contributed by atoms with Crippen molar-refractivity contribution in [3.05, 3.63) is 29.8 Å². The summed E-state index contributed by atoms with van der Waals surface area (Å²) in [4.78, 5) is -0.177. The number of nitrogens with zero attached hydrogens (tertiary/aromatic N) is 1. The number of alkyl halides is 3. The molecule has 0 saturated heterocycles. The second-order valence-corrected chi connectivity index (χ2v) is 5.51. The van der Waals surface area contributed by atoms with Gasteiger partial charge in [-0.1, -0.05) is 25.5 Å². The standard InChI is InChI=1S/C12H16F3NOS/c1-3-4-9-16(2)18(17)11-8-6-5-7-10(11)12(13,14)15/h5-8H,3-4,9H2,1-2H3. The summed E-state index contributed by atoms with van der Waals surface area (Å²) >= 11 is 0. The van der Waals surface area contributed by atoms with Gasteiger partial charge in [0, 0.05) is 13.6 Å². The van der Waals surface area contributed by atoms with Crippen molar-refractivity contribution in [2.24, 2.45) is 0 Å². The smallest absolute Gasteiger partial charge is 0.237 e. The van der Waals surface area contributed by atoms with E-state index in [1.165, 1.54) is 22.5 Å². The molecule has 18 heavy (non-hydrogen) atoms. The second-order valence-electron chi connectivity index (χ2n) is 3.95. The molecule has 0 aliphatic carbocycles. The summed E-state index contributed by atoms with van der Waals surface area (Å²) in [5.74, 6) is 0. The topological polar surface area (TPSA) is 20.3 Å². The van der Waals surface area contributed by atoms with E-state index in [2.05, 4.69) is 0 Å². The van der Waals surface area contributed by atoms with E-state index in [0.29, 0.717) is 6.54 Å². The quantitative estimate of drug-likeness (QED) is 0.808. The van der Waals surface area contributed by atoms with E-state index in [1.54, 1.807) is 7.05 Å². The fourth-order valence-corrected chi connectivity index (χ4v) is 2.68. The molecule has 1 unspecified atom stereocenters. The summed E-state index contributed by atoms with van der Waals surface area (Å²) in [6.45, 7) is 2.48. The molecule has 1 aromatic carbocycles. The van der Waals surface area contributed by atoms with Crippen LogP contribution >= 0.6 is 0 Å². The summed E-state index contributed by atoms with van der Waals surface area (Å²) in [5, 5.41) is 0. The van der Waals surface area contributed by atoms with Gasteiger partial charge in [0.2, 0.25) is 0 Å². The fourth-order valence-electron chi connectivity index (χ4n) is 1.48. The number of rotatable bonds is 5. The molecule has 0 aromatic heterocycles. The highest BCUT2D eigenvalue weighted by Gasteiger charge is 2.35. The SMILES string of the molecule is CCCCN(C)S(=O)c1ccccc1C(F)(F)F. The third kappa shape index (κ3) is 3.81. The van der Waals surface area contributed by atoms with Crippen LogP contribution in [0.4, 0.5) is 13.2 Å². The van der Waals surface area contributed by atoms with Crippen LogP contribution < -0.4 is 0 Å². The first kappa shape index (κ1) is 15.2. The molecule has 1 rings (SSSR count). The molecular formula is C12H16F3NOS. The number of hydrogen-bond donors (Lipinski definition) is 0. The lowest BCUT2D eigenvalue weighted by Gasteiger charge is -2.18. The first-order valence-electron chi connectivity index (χ1n) is 5.67. The Bertz CT molecular complexity index is 420. The lowest BCUT2D eigenvalue weighted by Crippen LogP contribution is -2.24. The fraction of sp³-hybridized carbons (Fsp3) is 0.500. The van der Waals surface area contributed by atoms with E-state index in [1.807, 2.05) is 6.92 Å². The van der Waals surface area contributed by atoms with Gasteiger partial charge in [-0.15, -0.1) is 0 Å². The molecule has 0 aliphatic heterocycles. The second kappa shape index (κ2) is 6.33. The minimum atomic E-state index is -4.47. The Morgan fingerprint density at radius 3 is 2.44 bits per heavy atom. The van der Waals surface area contributed by atoms with E-state index in [4.69, 9.17) is 0 Å². The van der Waals surface area contributed by atoms with Gasteiger partial charge >= 0.3 is 6.18 Å². The number of benzene rings is 1. The summed E-state index contributed by atoms with van der Waals surface area (Å²) in [6, 6.07) is 4.99. The van der Waals surface area contributed by atoms with Crippen LogP contribution in [-0.2, 0) is 17.2 Å². The zero-order valence-corrected chi connectivity index (χ0v) is 11.1. The molecule has 0 radical (unpaired) electrons. The Hall–Kier alpha value is -0.880. The molecule has 0 bridgehead atoms. The van der Waals surface area contributed by atoms with Crippen LogP contribution in [0.15, 0.2) is 29.2 Å². The van der Waals surface area contributed by atoms with Crippen molar-refractivity contribution in [3.8, 4) is 0 Å². The maximum Gasteiger partial charge on any atom is 0.417 e. The van der Waals surface area contributed by atoms with E-state index in [9.17, 15) is 17.4 Å². The number of halogens is 3. The number of hydrogen-bond acceptors (Lipinski definition) is 1. The van der Waals surface area contributed by atoms with Crippen molar-refractivity contribution in [2.45, 2.75) is 30.8 Å². The molecule has 6 heteroatoms. The van der Waals surface area contributed by atoms with E-state index >= 15 is 0 Å². The van der Waals surface area contributed by atoms with Crippen molar-refractivity contribution in [3.63, 3.8) is 0 Å². The average molecular weight is 279 g/mol. The Labute approximate surface area is 107 Å². The van der Waals surface area contributed by atoms with Crippen LogP contribution in [0.25, 0.3) is 0 Å². The van der Waals surface area contributed by atoms with Crippen molar-refractivity contribution < 1.29 is 17.4 Å². The molecule has 0 aliphatic rings. The van der Waals surface area contributed by atoms with Crippen molar-refractivity contribution >= 4 is 11.0 Å². The lowest BCUT2D eigenvalue weighted by atomic mass is 10.2. The van der Waals surface area contributed by atoms with Gasteiger partial charge < -0.3 is 0 Å². The minimum Gasteiger partial charge on any atom is -0.237 e. The molecule has 2 nitrogen and oxygen atoms in total. The van der Waals surface area contributed by atoms with Crippen LogP contribution in [0.5, 0.6) is 0 Å². The molecular weight excluding hydrogens is 263 g/mol. The summed E-state index contributed by atoms with van der Waals surface area (Å²) < 4.78 is 51.8. The molecule has 102 valence electrons. The molecule has 0 amide bonds. The predicted molar refractivity (Wildman–Crippen MR) is 65.4 cm³/mol.